The summed E-state index contributed by atoms with van der Waals surface area (Å²) in [6, 6.07) is 5.46. The number of nitrogen functional groups attached to an aromatic ring is 1. The van der Waals surface area contributed by atoms with E-state index >= 15 is 0 Å². The zero-order chi connectivity index (χ0) is 12.4. The Bertz CT molecular complexity index is 425. The fourth-order valence-electron chi connectivity index (χ4n) is 2.02. The van der Waals surface area contributed by atoms with E-state index in [9.17, 15) is 4.79 Å². The third-order valence-electron chi connectivity index (χ3n) is 3.17. The number of primary amides is 1. The second kappa shape index (κ2) is 4.63. The Labute approximate surface area is 101 Å². The predicted octanol–water partition coefficient (Wildman–Crippen LogP) is 0.120. The van der Waals surface area contributed by atoms with Crippen molar-refractivity contribution in [1.82, 2.24) is 4.90 Å². The summed E-state index contributed by atoms with van der Waals surface area (Å²) in [5, 5.41) is 0. The molecule has 0 aromatic heterocycles. The lowest BCUT2D eigenvalue weighted by molar-refractivity contribution is 0.100. The molecule has 5 nitrogen and oxygen atoms in total. The molecule has 0 radical (unpaired) electrons. The van der Waals surface area contributed by atoms with Crippen molar-refractivity contribution in [3.63, 3.8) is 0 Å². The van der Waals surface area contributed by atoms with Crippen molar-refractivity contribution in [2.45, 2.75) is 0 Å². The molecule has 0 spiro atoms. The van der Waals surface area contributed by atoms with Gasteiger partial charge in [-0.3, -0.25) is 4.79 Å². The van der Waals surface area contributed by atoms with Crippen LogP contribution in [0.4, 0.5) is 11.4 Å². The van der Waals surface area contributed by atoms with Crippen molar-refractivity contribution in [3.8, 4) is 0 Å². The summed E-state index contributed by atoms with van der Waals surface area (Å²) in [4.78, 5) is 15.7. The Balaban J connectivity index is 2.21. The number of piperazine rings is 1. The first kappa shape index (κ1) is 11.7. The van der Waals surface area contributed by atoms with Gasteiger partial charge in [-0.1, -0.05) is 0 Å². The summed E-state index contributed by atoms with van der Waals surface area (Å²) in [6.07, 6.45) is 0. The maximum Gasteiger partial charge on any atom is 0.250 e. The SMILES string of the molecule is CN1CCN(c2ccc(N)c(C(N)=O)c2)CC1. The minimum Gasteiger partial charge on any atom is -0.398 e. The van der Waals surface area contributed by atoms with Crippen LogP contribution in [0.5, 0.6) is 0 Å². The molecule has 1 aliphatic heterocycles. The van der Waals surface area contributed by atoms with E-state index in [0.717, 1.165) is 31.9 Å². The van der Waals surface area contributed by atoms with Gasteiger partial charge in [-0.25, -0.2) is 0 Å². The van der Waals surface area contributed by atoms with Gasteiger partial charge in [0.2, 0.25) is 0 Å². The Kier molecular flexibility index (Phi) is 3.19. The minimum absolute atomic E-state index is 0.404. The quantitative estimate of drug-likeness (QED) is 0.713. The number of hydrogen-bond donors (Lipinski definition) is 2. The molecule has 1 aromatic rings. The Morgan fingerprint density at radius 1 is 1.24 bits per heavy atom. The van der Waals surface area contributed by atoms with Gasteiger partial charge in [0, 0.05) is 37.6 Å². The number of nitrogens with zero attached hydrogens (tertiary/aromatic N) is 2. The Morgan fingerprint density at radius 3 is 2.47 bits per heavy atom. The number of carbonyl (C=O) groups excluding carboxylic acids is 1. The zero-order valence-corrected chi connectivity index (χ0v) is 10.0. The van der Waals surface area contributed by atoms with Gasteiger partial charge in [0.1, 0.15) is 0 Å². The molecule has 0 unspecified atom stereocenters. The van der Waals surface area contributed by atoms with Gasteiger partial charge in [-0.05, 0) is 25.2 Å². The highest BCUT2D eigenvalue weighted by Gasteiger charge is 2.16. The molecule has 0 saturated carbocycles. The first-order chi connectivity index (χ1) is 8.08. The van der Waals surface area contributed by atoms with Crippen LogP contribution in [-0.2, 0) is 0 Å². The molecule has 1 saturated heterocycles. The lowest BCUT2D eigenvalue weighted by atomic mass is 10.1. The first-order valence-corrected chi connectivity index (χ1v) is 5.71. The summed E-state index contributed by atoms with van der Waals surface area (Å²) in [6.45, 7) is 3.96. The molecule has 17 heavy (non-hydrogen) atoms. The standard InChI is InChI=1S/C12H18N4O/c1-15-4-6-16(7-5-15)9-2-3-11(13)10(8-9)12(14)17/h2-3,8H,4-7,13H2,1H3,(H2,14,17). The van der Waals surface area contributed by atoms with Crippen molar-refractivity contribution < 1.29 is 4.79 Å². The maximum atomic E-state index is 11.2. The number of anilines is 2. The smallest absolute Gasteiger partial charge is 0.250 e. The van der Waals surface area contributed by atoms with Crippen LogP contribution in [0.25, 0.3) is 0 Å². The number of rotatable bonds is 2. The summed E-state index contributed by atoms with van der Waals surface area (Å²) < 4.78 is 0. The largest absolute Gasteiger partial charge is 0.398 e. The van der Waals surface area contributed by atoms with Crippen molar-refractivity contribution in [3.05, 3.63) is 23.8 Å². The molecule has 1 aliphatic rings. The van der Waals surface area contributed by atoms with E-state index in [0.29, 0.717) is 11.3 Å². The maximum absolute atomic E-state index is 11.2. The molecule has 0 aliphatic carbocycles. The minimum atomic E-state index is -0.474. The molecule has 1 amide bonds. The van der Waals surface area contributed by atoms with Gasteiger partial charge in [0.05, 0.1) is 5.56 Å². The Hall–Kier alpha value is -1.75. The van der Waals surface area contributed by atoms with E-state index in [1.165, 1.54) is 0 Å². The topological polar surface area (TPSA) is 75.6 Å². The summed E-state index contributed by atoms with van der Waals surface area (Å²) in [7, 11) is 2.11. The average Bonchev–Trinajstić information content (AvgIpc) is 2.30. The Morgan fingerprint density at radius 2 is 1.88 bits per heavy atom. The van der Waals surface area contributed by atoms with Gasteiger partial charge in [0.25, 0.3) is 5.91 Å². The van der Waals surface area contributed by atoms with Crippen LogP contribution < -0.4 is 16.4 Å². The highest BCUT2D eigenvalue weighted by atomic mass is 16.1. The van der Waals surface area contributed by atoms with Gasteiger partial charge >= 0.3 is 0 Å². The normalized spacial score (nSPS) is 17.1. The third kappa shape index (κ3) is 2.50. The third-order valence-corrected chi connectivity index (χ3v) is 3.17. The average molecular weight is 234 g/mol. The van der Waals surface area contributed by atoms with Crippen molar-refractivity contribution in [2.24, 2.45) is 5.73 Å². The number of nitrogens with two attached hydrogens (primary N) is 2. The van der Waals surface area contributed by atoms with Crippen molar-refractivity contribution in [2.75, 3.05) is 43.9 Å². The second-order valence-electron chi connectivity index (χ2n) is 4.43. The number of amides is 1. The predicted molar refractivity (Wildman–Crippen MR) is 69.1 cm³/mol. The van der Waals surface area contributed by atoms with Gasteiger partial charge in [0.15, 0.2) is 0 Å². The van der Waals surface area contributed by atoms with Gasteiger partial charge in [-0.2, -0.15) is 0 Å². The summed E-state index contributed by atoms with van der Waals surface area (Å²) >= 11 is 0. The zero-order valence-electron chi connectivity index (χ0n) is 10.0. The van der Waals surface area contributed by atoms with E-state index in [-0.39, 0.29) is 0 Å². The molecule has 92 valence electrons. The summed E-state index contributed by atoms with van der Waals surface area (Å²) in [5.41, 5.74) is 12.9. The number of hydrogen-bond acceptors (Lipinski definition) is 4. The highest BCUT2D eigenvalue weighted by molar-refractivity contribution is 5.99. The molecule has 1 heterocycles. The van der Waals surface area contributed by atoms with Crippen molar-refractivity contribution >= 4 is 17.3 Å². The van der Waals surface area contributed by atoms with E-state index < -0.39 is 5.91 Å². The lowest BCUT2D eigenvalue weighted by Gasteiger charge is -2.34. The molecular weight excluding hydrogens is 216 g/mol. The van der Waals surface area contributed by atoms with Gasteiger partial charge in [-0.15, -0.1) is 0 Å². The molecule has 2 rings (SSSR count). The van der Waals surface area contributed by atoms with Crippen LogP contribution in [0, 0.1) is 0 Å². The molecule has 0 atom stereocenters. The van der Waals surface area contributed by atoms with E-state index in [1.54, 1.807) is 12.1 Å². The van der Waals surface area contributed by atoms with Crippen LogP contribution in [0.1, 0.15) is 10.4 Å². The highest BCUT2D eigenvalue weighted by Crippen LogP contribution is 2.21. The van der Waals surface area contributed by atoms with E-state index in [2.05, 4.69) is 16.8 Å². The lowest BCUT2D eigenvalue weighted by Crippen LogP contribution is -2.44. The van der Waals surface area contributed by atoms with Crippen molar-refractivity contribution in [1.29, 1.82) is 0 Å². The molecule has 1 aromatic carbocycles. The van der Waals surface area contributed by atoms with Crippen LogP contribution in [0.2, 0.25) is 0 Å². The van der Waals surface area contributed by atoms with Crippen LogP contribution in [-0.4, -0.2) is 44.0 Å². The van der Waals surface area contributed by atoms with E-state index in [4.69, 9.17) is 11.5 Å². The molecule has 5 heteroatoms. The fraction of sp³-hybridized carbons (Fsp3) is 0.417. The molecule has 4 N–H and O–H groups in total. The molecule has 1 fully saturated rings. The first-order valence-electron chi connectivity index (χ1n) is 5.71. The number of carbonyl (C=O) groups is 1. The number of likely N-dealkylation sites (N-methyl/N-ethyl adjacent to an activating group) is 1. The summed E-state index contributed by atoms with van der Waals surface area (Å²) in [5.74, 6) is -0.474. The number of benzene rings is 1. The van der Waals surface area contributed by atoms with Crippen LogP contribution in [0.15, 0.2) is 18.2 Å². The molecule has 0 bridgehead atoms. The van der Waals surface area contributed by atoms with E-state index in [1.807, 2.05) is 6.07 Å². The van der Waals surface area contributed by atoms with Crippen LogP contribution >= 0.6 is 0 Å². The second-order valence-corrected chi connectivity index (χ2v) is 4.43. The monoisotopic (exact) mass is 234 g/mol. The molecular formula is C12H18N4O. The van der Waals surface area contributed by atoms with Crippen LogP contribution in [0.3, 0.4) is 0 Å². The fourth-order valence-corrected chi connectivity index (χ4v) is 2.02. The van der Waals surface area contributed by atoms with Gasteiger partial charge < -0.3 is 21.3 Å².